The van der Waals surface area contributed by atoms with Gasteiger partial charge in [-0.25, -0.2) is 0 Å². The summed E-state index contributed by atoms with van der Waals surface area (Å²) in [5.41, 5.74) is 5.15. The van der Waals surface area contributed by atoms with Gasteiger partial charge in [0.05, 0.1) is 22.4 Å². The van der Waals surface area contributed by atoms with Gasteiger partial charge in [0.15, 0.2) is 0 Å². The molecule has 102 valence electrons. The molecule has 0 radical (unpaired) electrons. The van der Waals surface area contributed by atoms with Crippen LogP contribution < -0.4 is 5.32 Å². The first-order valence-electron chi connectivity index (χ1n) is 6.43. The number of H-pyrrole nitrogens is 1. The Labute approximate surface area is 122 Å². The van der Waals surface area contributed by atoms with Crippen molar-refractivity contribution in [3.63, 3.8) is 0 Å². The van der Waals surface area contributed by atoms with E-state index < -0.39 is 0 Å². The van der Waals surface area contributed by atoms with E-state index >= 15 is 0 Å². The number of aryl methyl sites for hydroxylation is 2. The van der Waals surface area contributed by atoms with E-state index in [2.05, 4.69) is 20.5 Å². The van der Waals surface area contributed by atoms with Crippen LogP contribution in [0.25, 0.3) is 10.9 Å². The van der Waals surface area contributed by atoms with Crippen LogP contribution in [0.3, 0.4) is 0 Å². The Balaban J connectivity index is 2.01. The summed E-state index contributed by atoms with van der Waals surface area (Å²) in [4.78, 5) is 4.43. The molecule has 0 saturated carbocycles. The fourth-order valence-corrected chi connectivity index (χ4v) is 2.63. The van der Waals surface area contributed by atoms with Gasteiger partial charge in [0.25, 0.3) is 0 Å². The van der Waals surface area contributed by atoms with Crippen molar-refractivity contribution >= 4 is 28.2 Å². The molecule has 0 aliphatic rings. The lowest BCUT2D eigenvalue weighted by atomic mass is 10.1. The van der Waals surface area contributed by atoms with Gasteiger partial charge in [-0.3, -0.25) is 10.1 Å². The first-order valence-corrected chi connectivity index (χ1v) is 6.81. The molecule has 0 aliphatic carbocycles. The van der Waals surface area contributed by atoms with Crippen molar-refractivity contribution in [3.05, 3.63) is 52.4 Å². The Kier molecular flexibility index (Phi) is 3.32. The number of hydrogen-bond donors (Lipinski definition) is 2. The number of nitrogens with zero attached hydrogens (tertiary/aromatic N) is 2. The van der Waals surface area contributed by atoms with Gasteiger partial charge in [-0.2, -0.15) is 5.10 Å². The number of aromatic amines is 1. The third-order valence-electron chi connectivity index (χ3n) is 3.42. The highest BCUT2D eigenvalue weighted by Crippen LogP contribution is 2.32. The first-order chi connectivity index (χ1) is 9.66. The van der Waals surface area contributed by atoms with Crippen LogP contribution in [0.4, 0.5) is 5.69 Å². The summed E-state index contributed by atoms with van der Waals surface area (Å²) < 4.78 is 0. The summed E-state index contributed by atoms with van der Waals surface area (Å²) in [6.07, 6.45) is 3.62. The molecule has 1 aromatic carbocycles. The van der Waals surface area contributed by atoms with Gasteiger partial charge in [0.1, 0.15) is 0 Å². The molecule has 0 atom stereocenters. The summed E-state index contributed by atoms with van der Waals surface area (Å²) >= 11 is 6.37. The Morgan fingerprint density at radius 2 is 2.20 bits per heavy atom. The number of halogens is 1. The third-order valence-corrected chi connectivity index (χ3v) is 3.72. The van der Waals surface area contributed by atoms with Crippen LogP contribution in [0, 0.1) is 13.8 Å². The Bertz CT molecular complexity index is 764. The van der Waals surface area contributed by atoms with Crippen LogP contribution >= 0.6 is 11.6 Å². The Hall–Kier alpha value is -2.07. The van der Waals surface area contributed by atoms with E-state index in [4.69, 9.17) is 11.6 Å². The standard InChI is InChI=1S/C15H15ClN4/c1-9-6-13(16)15(12-4-3-5-17-14(9)12)18-7-11-8-19-20-10(11)2/h3-6,8,18H,7H2,1-2H3,(H,19,20). The van der Waals surface area contributed by atoms with Crippen molar-refractivity contribution in [3.8, 4) is 0 Å². The van der Waals surface area contributed by atoms with Crippen molar-refractivity contribution in [2.45, 2.75) is 20.4 Å². The molecule has 2 heterocycles. The van der Waals surface area contributed by atoms with Crippen molar-refractivity contribution in [2.24, 2.45) is 0 Å². The summed E-state index contributed by atoms with van der Waals surface area (Å²) in [5, 5.41) is 12.1. The number of pyridine rings is 1. The van der Waals surface area contributed by atoms with Crippen molar-refractivity contribution in [2.75, 3.05) is 5.32 Å². The molecule has 2 N–H and O–H groups in total. The highest BCUT2D eigenvalue weighted by Gasteiger charge is 2.10. The van der Waals surface area contributed by atoms with Gasteiger partial charge in [-0.1, -0.05) is 11.6 Å². The molecular formula is C15H15ClN4. The maximum atomic E-state index is 6.37. The zero-order valence-corrected chi connectivity index (χ0v) is 12.1. The summed E-state index contributed by atoms with van der Waals surface area (Å²) in [6, 6.07) is 5.90. The molecule has 4 nitrogen and oxygen atoms in total. The van der Waals surface area contributed by atoms with Crippen LogP contribution in [0.1, 0.15) is 16.8 Å². The zero-order chi connectivity index (χ0) is 14.1. The van der Waals surface area contributed by atoms with Gasteiger partial charge in [0.2, 0.25) is 0 Å². The molecule has 0 bridgehead atoms. The normalized spacial score (nSPS) is 10.9. The SMILES string of the molecule is Cc1[nH]ncc1CNc1c(Cl)cc(C)c2ncccc12. The summed E-state index contributed by atoms with van der Waals surface area (Å²) in [5.74, 6) is 0. The molecule has 0 aliphatic heterocycles. The van der Waals surface area contributed by atoms with Crippen molar-refractivity contribution in [1.29, 1.82) is 0 Å². The number of anilines is 1. The van der Waals surface area contributed by atoms with Crippen LogP contribution in [0.2, 0.25) is 5.02 Å². The number of fused-ring (bicyclic) bond motifs is 1. The van der Waals surface area contributed by atoms with Gasteiger partial charge in [-0.05, 0) is 37.6 Å². The monoisotopic (exact) mass is 286 g/mol. The topological polar surface area (TPSA) is 53.6 Å². The average molecular weight is 287 g/mol. The second kappa shape index (κ2) is 5.13. The first kappa shape index (κ1) is 12.9. The van der Waals surface area contributed by atoms with Gasteiger partial charge in [0, 0.05) is 29.4 Å². The lowest BCUT2D eigenvalue weighted by Crippen LogP contribution is -2.02. The Morgan fingerprint density at radius 3 is 2.95 bits per heavy atom. The Morgan fingerprint density at radius 1 is 1.35 bits per heavy atom. The molecule has 3 rings (SSSR count). The second-order valence-electron chi connectivity index (χ2n) is 4.82. The molecule has 0 saturated heterocycles. The van der Waals surface area contributed by atoms with Crippen molar-refractivity contribution in [1.82, 2.24) is 15.2 Å². The van der Waals surface area contributed by atoms with E-state index in [-0.39, 0.29) is 0 Å². The van der Waals surface area contributed by atoms with Crippen LogP contribution in [0.5, 0.6) is 0 Å². The molecule has 20 heavy (non-hydrogen) atoms. The number of benzene rings is 1. The molecule has 5 heteroatoms. The van der Waals surface area contributed by atoms with Crippen LogP contribution in [-0.4, -0.2) is 15.2 Å². The number of nitrogens with one attached hydrogen (secondary N) is 2. The lowest BCUT2D eigenvalue weighted by molar-refractivity contribution is 1.04. The fraction of sp³-hybridized carbons (Fsp3) is 0.200. The summed E-state index contributed by atoms with van der Waals surface area (Å²) in [7, 11) is 0. The molecule has 0 spiro atoms. The molecule has 0 unspecified atom stereocenters. The predicted molar refractivity (Wildman–Crippen MR) is 82.1 cm³/mol. The van der Waals surface area contributed by atoms with Crippen LogP contribution in [0.15, 0.2) is 30.6 Å². The van der Waals surface area contributed by atoms with Crippen molar-refractivity contribution < 1.29 is 0 Å². The van der Waals surface area contributed by atoms with Crippen LogP contribution in [-0.2, 0) is 6.54 Å². The number of rotatable bonds is 3. The quantitative estimate of drug-likeness (QED) is 0.769. The minimum atomic E-state index is 0.676. The highest BCUT2D eigenvalue weighted by atomic mass is 35.5. The van der Waals surface area contributed by atoms with Gasteiger partial charge < -0.3 is 5.32 Å². The fourth-order valence-electron chi connectivity index (χ4n) is 2.30. The molecular weight excluding hydrogens is 272 g/mol. The molecule has 2 aromatic heterocycles. The third kappa shape index (κ3) is 2.23. The van der Waals surface area contributed by atoms with E-state index in [1.807, 2.05) is 38.2 Å². The molecule has 3 aromatic rings. The molecule has 0 fully saturated rings. The van der Waals surface area contributed by atoms with E-state index in [1.165, 1.54) is 0 Å². The van der Waals surface area contributed by atoms with E-state index in [9.17, 15) is 0 Å². The van der Waals surface area contributed by atoms with Gasteiger partial charge in [-0.15, -0.1) is 0 Å². The minimum absolute atomic E-state index is 0.676. The lowest BCUT2D eigenvalue weighted by Gasteiger charge is -2.13. The summed E-state index contributed by atoms with van der Waals surface area (Å²) in [6.45, 7) is 4.70. The van der Waals surface area contributed by atoms with Gasteiger partial charge >= 0.3 is 0 Å². The average Bonchev–Trinajstić information content (AvgIpc) is 2.84. The van der Waals surface area contributed by atoms with E-state index in [0.717, 1.165) is 33.4 Å². The number of aromatic nitrogens is 3. The second-order valence-corrected chi connectivity index (χ2v) is 5.23. The predicted octanol–water partition coefficient (Wildman–Crippen LogP) is 3.84. The minimum Gasteiger partial charge on any atom is -0.379 e. The maximum absolute atomic E-state index is 6.37. The smallest absolute Gasteiger partial charge is 0.0752 e. The molecule has 0 amide bonds. The maximum Gasteiger partial charge on any atom is 0.0752 e. The largest absolute Gasteiger partial charge is 0.379 e. The van der Waals surface area contributed by atoms with E-state index in [1.54, 1.807) is 6.20 Å². The highest BCUT2D eigenvalue weighted by molar-refractivity contribution is 6.35. The zero-order valence-electron chi connectivity index (χ0n) is 11.4. The number of hydrogen-bond acceptors (Lipinski definition) is 3. The van der Waals surface area contributed by atoms with E-state index in [0.29, 0.717) is 11.6 Å².